The Bertz CT molecular complexity index is 915. The van der Waals surface area contributed by atoms with Gasteiger partial charge in [0.15, 0.2) is 0 Å². The molecule has 3 aromatic carbocycles. The number of nitrogens with one attached hydrogen (secondary N) is 2. The van der Waals surface area contributed by atoms with Crippen LogP contribution in [0.5, 0.6) is 11.5 Å². The number of hydrogen-bond acceptors (Lipinski definition) is 3. The number of amides is 1. The molecule has 0 aliphatic heterocycles. The lowest BCUT2D eigenvalue weighted by molar-refractivity contribution is -0.120. The first-order valence-electron chi connectivity index (χ1n) is 9.25. The van der Waals surface area contributed by atoms with Crippen LogP contribution in [0.2, 0.25) is 0 Å². The highest BCUT2D eigenvalue weighted by molar-refractivity contribution is 5.75. The van der Waals surface area contributed by atoms with E-state index in [4.69, 9.17) is 4.74 Å². The molecule has 4 nitrogen and oxygen atoms in total. The average molecular weight is 378 g/mol. The van der Waals surface area contributed by atoms with Crippen molar-refractivity contribution in [3.63, 3.8) is 0 Å². The molecule has 0 fully saturated rings. The summed E-state index contributed by atoms with van der Waals surface area (Å²) in [5.74, 6) is 0.681. The number of halogens is 1. The summed E-state index contributed by atoms with van der Waals surface area (Å²) >= 11 is 0. The van der Waals surface area contributed by atoms with Crippen LogP contribution in [0.4, 0.5) is 10.1 Å². The molecule has 1 amide bonds. The van der Waals surface area contributed by atoms with Crippen LogP contribution in [0.1, 0.15) is 24.9 Å². The average Bonchev–Trinajstić information content (AvgIpc) is 2.72. The monoisotopic (exact) mass is 378 g/mol. The molecule has 0 aliphatic carbocycles. The molecule has 0 aromatic heterocycles. The maximum atomic E-state index is 13.4. The number of carbonyl (C=O) groups excluding carboxylic acids is 1. The maximum Gasteiger partial charge on any atom is 0.219 e. The molecule has 0 aliphatic rings. The van der Waals surface area contributed by atoms with E-state index in [9.17, 15) is 9.18 Å². The molecule has 1 atom stereocenters. The van der Waals surface area contributed by atoms with E-state index in [0.717, 1.165) is 11.3 Å². The Kier molecular flexibility index (Phi) is 6.63. The zero-order valence-electron chi connectivity index (χ0n) is 15.7. The largest absolute Gasteiger partial charge is 0.457 e. The molecular weight excluding hydrogens is 355 g/mol. The standard InChI is InChI=1S/C23H23FN2O2/c1-2-23(27)25-16-22(26-19-10-4-3-5-11-19)17-8-6-12-20(14-17)28-21-13-7-9-18(24)15-21/h3-15,22,26H,2,16H2,1H3,(H,25,27). The van der Waals surface area contributed by atoms with Crippen LogP contribution >= 0.6 is 0 Å². The van der Waals surface area contributed by atoms with E-state index in [1.54, 1.807) is 12.1 Å². The van der Waals surface area contributed by atoms with Gasteiger partial charge in [-0.15, -0.1) is 0 Å². The van der Waals surface area contributed by atoms with Crippen molar-refractivity contribution in [3.05, 3.63) is 90.2 Å². The fourth-order valence-corrected chi connectivity index (χ4v) is 2.79. The zero-order chi connectivity index (χ0) is 19.8. The number of rotatable bonds is 8. The van der Waals surface area contributed by atoms with Gasteiger partial charge in [-0.3, -0.25) is 4.79 Å². The number of para-hydroxylation sites is 1. The molecule has 0 radical (unpaired) electrons. The lowest BCUT2D eigenvalue weighted by atomic mass is 10.1. The molecule has 0 bridgehead atoms. The minimum atomic E-state index is -0.348. The Morgan fingerprint density at radius 3 is 2.39 bits per heavy atom. The van der Waals surface area contributed by atoms with Crippen molar-refractivity contribution < 1.29 is 13.9 Å². The quantitative estimate of drug-likeness (QED) is 0.559. The molecule has 28 heavy (non-hydrogen) atoms. The van der Waals surface area contributed by atoms with E-state index in [1.807, 2.05) is 61.5 Å². The second-order valence-corrected chi connectivity index (χ2v) is 6.35. The third-order valence-corrected chi connectivity index (χ3v) is 4.23. The number of anilines is 1. The molecule has 0 spiro atoms. The minimum absolute atomic E-state index is 0.00738. The van der Waals surface area contributed by atoms with Crippen molar-refractivity contribution in [2.45, 2.75) is 19.4 Å². The van der Waals surface area contributed by atoms with Crippen LogP contribution in [-0.4, -0.2) is 12.5 Å². The highest BCUT2D eigenvalue weighted by atomic mass is 19.1. The second-order valence-electron chi connectivity index (χ2n) is 6.35. The van der Waals surface area contributed by atoms with Crippen LogP contribution in [0.15, 0.2) is 78.9 Å². The van der Waals surface area contributed by atoms with Crippen LogP contribution < -0.4 is 15.4 Å². The van der Waals surface area contributed by atoms with Gasteiger partial charge in [0.1, 0.15) is 17.3 Å². The maximum absolute atomic E-state index is 13.4. The van der Waals surface area contributed by atoms with Crippen LogP contribution in [-0.2, 0) is 4.79 Å². The summed E-state index contributed by atoms with van der Waals surface area (Å²) in [5.41, 5.74) is 1.91. The van der Waals surface area contributed by atoms with Gasteiger partial charge < -0.3 is 15.4 Å². The SMILES string of the molecule is CCC(=O)NCC(Nc1ccccc1)c1cccc(Oc2cccc(F)c2)c1. The van der Waals surface area contributed by atoms with Crippen molar-refractivity contribution >= 4 is 11.6 Å². The van der Waals surface area contributed by atoms with Crippen LogP contribution in [0, 0.1) is 5.82 Å². The van der Waals surface area contributed by atoms with Crippen LogP contribution in [0.25, 0.3) is 0 Å². The lowest BCUT2D eigenvalue weighted by Gasteiger charge is -2.21. The topological polar surface area (TPSA) is 50.4 Å². The first-order chi connectivity index (χ1) is 13.6. The Morgan fingerprint density at radius 1 is 0.964 bits per heavy atom. The van der Waals surface area contributed by atoms with Gasteiger partial charge in [0.25, 0.3) is 0 Å². The number of hydrogen-bond donors (Lipinski definition) is 2. The molecule has 2 N–H and O–H groups in total. The predicted molar refractivity (Wildman–Crippen MR) is 109 cm³/mol. The van der Waals surface area contributed by atoms with Gasteiger partial charge in [0, 0.05) is 24.7 Å². The minimum Gasteiger partial charge on any atom is -0.457 e. The van der Waals surface area contributed by atoms with Gasteiger partial charge in [-0.2, -0.15) is 0 Å². The number of benzene rings is 3. The fraction of sp³-hybridized carbons (Fsp3) is 0.174. The van der Waals surface area contributed by atoms with Crippen molar-refractivity contribution in [2.75, 3.05) is 11.9 Å². The van der Waals surface area contributed by atoms with Gasteiger partial charge in [-0.25, -0.2) is 4.39 Å². The van der Waals surface area contributed by atoms with E-state index in [-0.39, 0.29) is 17.8 Å². The molecule has 1 unspecified atom stereocenters. The molecule has 5 heteroatoms. The summed E-state index contributed by atoms with van der Waals surface area (Å²) < 4.78 is 19.2. The third-order valence-electron chi connectivity index (χ3n) is 4.23. The number of ether oxygens (including phenoxy) is 1. The predicted octanol–water partition coefficient (Wildman–Crippen LogP) is 5.30. The molecule has 3 aromatic rings. The smallest absolute Gasteiger partial charge is 0.219 e. The summed E-state index contributed by atoms with van der Waals surface area (Å²) in [5, 5.41) is 6.38. The van der Waals surface area contributed by atoms with Gasteiger partial charge in [-0.1, -0.05) is 43.3 Å². The molecule has 3 rings (SSSR count). The van der Waals surface area contributed by atoms with Crippen molar-refractivity contribution in [1.29, 1.82) is 0 Å². The fourth-order valence-electron chi connectivity index (χ4n) is 2.79. The van der Waals surface area contributed by atoms with Gasteiger partial charge in [0.05, 0.1) is 6.04 Å². The summed E-state index contributed by atoms with van der Waals surface area (Å²) in [7, 11) is 0. The Balaban J connectivity index is 1.80. The van der Waals surface area contributed by atoms with Crippen LogP contribution in [0.3, 0.4) is 0 Å². The first-order valence-corrected chi connectivity index (χ1v) is 9.25. The normalized spacial score (nSPS) is 11.5. The molecule has 0 heterocycles. The van der Waals surface area contributed by atoms with Gasteiger partial charge in [-0.05, 0) is 42.0 Å². The third kappa shape index (κ3) is 5.58. The van der Waals surface area contributed by atoms with E-state index < -0.39 is 0 Å². The first kappa shape index (κ1) is 19.4. The summed E-state index contributed by atoms with van der Waals surface area (Å²) in [6.07, 6.45) is 0.431. The Morgan fingerprint density at radius 2 is 1.68 bits per heavy atom. The summed E-state index contributed by atoms with van der Waals surface area (Å²) in [4.78, 5) is 11.7. The van der Waals surface area contributed by atoms with Gasteiger partial charge in [0.2, 0.25) is 5.91 Å². The zero-order valence-corrected chi connectivity index (χ0v) is 15.7. The second kappa shape index (κ2) is 9.55. The summed E-state index contributed by atoms with van der Waals surface area (Å²) in [6, 6.07) is 23.2. The highest BCUT2D eigenvalue weighted by Crippen LogP contribution is 2.26. The molecular formula is C23H23FN2O2. The summed E-state index contributed by atoms with van der Waals surface area (Å²) in [6.45, 7) is 2.26. The van der Waals surface area contributed by atoms with E-state index in [2.05, 4.69) is 10.6 Å². The van der Waals surface area contributed by atoms with E-state index >= 15 is 0 Å². The molecule has 0 saturated carbocycles. The van der Waals surface area contributed by atoms with Crippen molar-refractivity contribution in [1.82, 2.24) is 5.32 Å². The number of carbonyl (C=O) groups is 1. The molecule has 144 valence electrons. The Labute approximate surface area is 164 Å². The van der Waals surface area contributed by atoms with E-state index in [1.165, 1.54) is 12.1 Å². The highest BCUT2D eigenvalue weighted by Gasteiger charge is 2.14. The van der Waals surface area contributed by atoms with Gasteiger partial charge >= 0.3 is 0 Å². The Hall–Kier alpha value is -3.34. The lowest BCUT2D eigenvalue weighted by Crippen LogP contribution is -2.30. The van der Waals surface area contributed by atoms with Crippen molar-refractivity contribution in [2.24, 2.45) is 0 Å². The van der Waals surface area contributed by atoms with Crippen molar-refractivity contribution in [3.8, 4) is 11.5 Å². The van der Waals surface area contributed by atoms with E-state index in [0.29, 0.717) is 24.5 Å². The molecule has 0 saturated heterocycles.